The lowest BCUT2D eigenvalue weighted by Gasteiger charge is -2.40. The maximum absolute atomic E-state index is 6.06. The van der Waals surface area contributed by atoms with Crippen molar-refractivity contribution in [3.8, 4) is 11.1 Å². The molecule has 20 heavy (non-hydrogen) atoms. The van der Waals surface area contributed by atoms with Crippen LogP contribution in [0.4, 0.5) is 5.82 Å². The number of nitrogen functional groups attached to an aromatic ring is 1. The summed E-state index contributed by atoms with van der Waals surface area (Å²) in [7, 11) is 1.80. The summed E-state index contributed by atoms with van der Waals surface area (Å²) in [6.45, 7) is 2.09. The highest BCUT2D eigenvalue weighted by Gasteiger charge is 2.38. The van der Waals surface area contributed by atoms with E-state index in [-0.39, 0.29) is 5.60 Å². The number of hydrogen-bond donors (Lipinski definition) is 2. The van der Waals surface area contributed by atoms with Crippen LogP contribution in [0, 0.1) is 6.92 Å². The van der Waals surface area contributed by atoms with Gasteiger partial charge in [-0.2, -0.15) is 5.10 Å². The number of aromatic nitrogens is 2. The van der Waals surface area contributed by atoms with Gasteiger partial charge in [0, 0.05) is 24.8 Å². The van der Waals surface area contributed by atoms with Crippen molar-refractivity contribution >= 4 is 5.82 Å². The standard InChI is InChI=1S/C16H21N3O/c1-11-5-3-6-12(9-11)14-13(18-19-15(14)17)10-16(20-2)7-4-8-16/h3,5-6,9H,4,7-8,10H2,1-2H3,(H3,17,18,19). The van der Waals surface area contributed by atoms with Crippen molar-refractivity contribution in [2.45, 2.75) is 38.2 Å². The van der Waals surface area contributed by atoms with Crippen molar-refractivity contribution in [2.75, 3.05) is 12.8 Å². The van der Waals surface area contributed by atoms with Gasteiger partial charge in [-0.25, -0.2) is 0 Å². The molecular formula is C16H21N3O. The lowest BCUT2D eigenvalue weighted by Crippen LogP contribution is -2.41. The summed E-state index contributed by atoms with van der Waals surface area (Å²) in [6, 6.07) is 8.36. The summed E-state index contributed by atoms with van der Waals surface area (Å²) in [5.41, 5.74) is 10.5. The Balaban J connectivity index is 1.97. The average molecular weight is 271 g/mol. The number of H-pyrrole nitrogens is 1. The first-order valence-electron chi connectivity index (χ1n) is 7.08. The van der Waals surface area contributed by atoms with E-state index in [1.807, 2.05) is 0 Å². The first kappa shape index (κ1) is 13.2. The van der Waals surface area contributed by atoms with E-state index in [0.29, 0.717) is 5.82 Å². The third-order valence-electron chi connectivity index (χ3n) is 4.37. The van der Waals surface area contributed by atoms with E-state index >= 15 is 0 Å². The van der Waals surface area contributed by atoms with Gasteiger partial charge in [-0.1, -0.05) is 29.8 Å². The Bertz CT molecular complexity index is 608. The molecule has 0 spiro atoms. The highest BCUT2D eigenvalue weighted by molar-refractivity contribution is 5.76. The van der Waals surface area contributed by atoms with Gasteiger partial charge in [0.25, 0.3) is 0 Å². The number of rotatable bonds is 4. The van der Waals surface area contributed by atoms with Crippen LogP contribution in [0.3, 0.4) is 0 Å². The Morgan fingerprint density at radius 1 is 1.40 bits per heavy atom. The van der Waals surface area contributed by atoms with E-state index in [0.717, 1.165) is 36.1 Å². The number of benzene rings is 1. The second kappa shape index (κ2) is 4.94. The molecule has 1 aromatic carbocycles. The van der Waals surface area contributed by atoms with E-state index < -0.39 is 0 Å². The second-order valence-electron chi connectivity index (χ2n) is 5.75. The zero-order chi connectivity index (χ0) is 14.2. The average Bonchev–Trinajstić information content (AvgIpc) is 2.75. The highest BCUT2D eigenvalue weighted by Crippen LogP contribution is 2.40. The maximum atomic E-state index is 6.06. The second-order valence-corrected chi connectivity index (χ2v) is 5.75. The van der Waals surface area contributed by atoms with E-state index in [2.05, 4.69) is 41.4 Å². The Morgan fingerprint density at radius 3 is 2.80 bits per heavy atom. The number of nitrogens with two attached hydrogens (primary N) is 1. The Kier molecular flexibility index (Phi) is 3.26. The van der Waals surface area contributed by atoms with Gasteiger partial charge in [0.15, 0.2) is 5.82 Å². The van der Waals surface area contributed by atoms with Gasteiger partial charge in [-0.3, -0.25) is 5.10 Å². The third-order valence-corrected chi connectivity index (χ3v) is 4.37. The number of hydrogen-bond acceptors (Lipinski definition) is 3. The summed E-state index contributed by atoms with van der Waals surface area (Å²) >= 11 is 0. The van der Waals surface area contributed by atoms with Gasteiger partial charge in [-0.15, -0.1) is 0 Å². The minimum Gasteiger partial charge on any atom is -0.382 e. The molecule has 1 aliphatic carbocycles. The molecule has 0 unspecified atom stereocenters. The molecule has 0 atom stereocenters. The Morgan fingerprint density at radius 2 is 2.20 bits per heavy atom. The SMILES string of the molecule is COC1(Cc2[nH]nc(N)c2-c2cccc(C)c2)CCC1. The number of nitrogens with one attached hydrogen (secondary N) is 1. The smallest absolute Gasteiger partial charge is 0.153 e. The van der Waals surface area contributed by atoms with Crippen LogP contribution in [0.2, 0.25) is 0 Å². The fourth-order valence-corrected chi connectivity index (χ4v) is 2.99. The van der Waals surface area contributed by atoms with Crippen LogP contribution in [0.15, 0.2) is 24.3 Å². The highest BCUT2D eigenvalue weighted by atomic mass is 16.5. The molecule has 0 radical (unpaired) electrons. The molecular weight excluding hydrogens is 250 g/mol. The van der Waals surface area contributed by atoms with E-state index in [4.69, 9.17) is 10.5 Å². The Hall–Kier alpha value is -1.81. The molecule has 4 nitrogen and oxygen atoms in total. The molecule has 1 aliphatic rings. The van der Waals surface area contributed by atoms with Crippen LogP contribution in [-0.4, -0.2) is 22.9 Å². The minimum atomic E-state index is -0.0302. The molecule has 0 aliphatic heterocycles. The molecule has 106 valence electrons. The fraction of sp³-hybridized carbons (Fsp3) is 0.438. The number of aryl methyl sites for hydroxylation is 1. The van der Waals surface area contributed by atoms with Crippen molar-refractivity contribution in [1.29, 1.82) is 0 Å². The third kappa shape index (κ3) is 2.20. The lowest BCUT2D eigenvalue weighted by atomic mass is 9.76. The fourth-order valence-electron chi connectivity index (χ4n) is 2.99. The molecule has 1 heterocycles. The molecule has 0 saturated heterocycles. The van der Waals surface area contributed by atoms with Crippen LogP contribution in [0.5, 0.6) is 0 Å². The zero-order valence-electron chi connectivity index (χ0n) is 12.1. The summed E-state index contributed by atoms with van der Waals surface area (Å²) in [5.74, 6) is 0.566. The molecule has 0 bridgehead atoms. The van der Waals surface area contributed by atoms with Gasteiger partial charge in [0.05, 0.1) is 5.60 Å². The van der Waals surface area contributed by atoms with Gasteiger partial charge in [-0.05, 0) is 31.7 Å². The summed E-state index contributed by atoms with van der Waals surface area (Å²) in [6.07, 6.45) is 4.29. The first-order chi connectivity index (χ1) is 9.63. The minimum absolute atomic E-state index is 0.0302. The predicted molar refractivity (Wildman–Crippen MR) is 80.5 cm³/mol. The Labute approximate surface area is 119 Å². The normalized spacial score (nSPS) is 16.9. The van der Waals surface area contributed by atoms with Gasteiger partial charge in [0.2, 0.25) is 0 Å². The predicted octanol–water partition coefficient (Wildman–Crippen LogP) is 3.08. The maximum Gasteiger partial charge on any atom is 0.153 e. The van der Waals surface area contributed by atoms with Gasteiger partial charge < -0.3 is 10.5 Å². The largest absolute Gasteiger partial charge is 0.382 e. The molecule has 1 fully saturated rings. The summed E-state index contributed by atoms with van der Waals surface area (Å²) in [4.78, 5) is 0. The van der Waals surface area contributed by atoms with Crippen molar-refractivity contribution in [2.24, 2.45) is 0 Å². The number of aromatic amines is 1. The van der Waals surface area contributed by atoms with Crippen molar-refractivity contribution < 1.29 is 4.74 Å². The molecule has 1 aromatic heterocycles. The van der Waals surface area contributed by atoms with Crippen LogP contribution in [-0.2, 0) is 11.2 Å². The van der Waals surface area contributed by atoms with E-state index in [9.17, 15) is 0 Å². The number of ether oxygens (including phenoxy) is 1. The number of methoxy groups -OCH3 is 1. The number of nitrogens with zero attached hydrogens (tertiary/aromatic N) is 1. The van der Waals surface area contributed by atoms with Gasteiger partial charge in [0.1, 0.15) is 0 Å². The molecule has 2 aromatic rings. The van der Waals surface area contributed by atoms with Crippen molar-refractivity contribution in [1.82, 2.24) is 10.2 Å². The molecule has 1 saturated carbocycles. The van der Waals surface area contributed by atoms with Crippen LogP contribution < -0.4 is 5.73 Å². The molecule has 0 amide bonds. The van der Waals surface area contributed by atoms with E-state index in [1.54, 1.807) is 7.11 Å². The van der Waals surface area contributed by atoms with Crippen LogP contribution >= 0.6 is 0 Å². The van der Waals surface area contributed by atoms with E-state index in [1.165, 1.54) is 12.0 Å². The molecule has 4 heteroatoms. The molecule has 3 rings (SSSR count). The lowest BCUT2D eigenvalue weighted by molar-refractivity contribution is -0.0713. The van der Waals surface area contributed by atoms with Crippen molar-refractivity contribution in [3.05, 3.63) is 35.5 Å². The molecule has 3 N–H and O–H groups in total. The van der Waals surface area contributed by atoms with Gasteiger partial charge >= 0.3 is 0 Å². The van der Waals surface area contributed by atoms with Crippen molar-refractivity contribution in [3.63, 3.8) is 0 Å². The first-order valence-corrected chi connectivity index (χ1v) is 7.08. The summed E-state index contributed by atoms with van der Waals surface area (Å²) < 4.78 is 5.71. The monoisotopic (exact) mass is 271 g/mol. The summed E-state index contributed by atoms with van der Waals surface area (Å²) in [5, 5.41) is 7.29. The number of anilines is 1. The van der Waals surface area contributed by atoms with Crippen LogP contribution in [0.1, 0.15) is 30.5 Å². The zero-order valence-corrected chi connectivity index (χ0v) is 12.1. The topological polar surface area (TPSA) is 63.9 Å². The van der Waals surface area contributed by atoms with Crippen LogP contribution in [0.25, 0.3) is 11.1 Å². The quantitative estimate of drug-likeness (QED) is 0.898.